The van der Waals surface area contributed by atoms with Gasteiger partial charge < -0.3 is 5.73 Å². The second-order valence-corrected chi connectivity index (χ2v) is 5.40. The summed E-state index contributed by atoms with van der Waals surface area (Å²) >= 11 is 0. The van der Waals surface area contributed by atoms with Crippen LogP contribution in [0.3, 0.4) is 0 Å². The third-order valence-electron chi connectivity index (χ3n) is 3.40. The van der Waals surface area contributed by atoms with Crippen molar-refractivity contribution in [2.24, 2.45) is 17.1 Å². The van der Waals surface area contributed by atoms with E-state index in [0.29, 0.717) is 11.3 Å². The van der Waals surface area contributed by atoms with Gasteiger partial charge in [0.25, 0.3) is 0 Å². The number of hydrogen-bond donors (Lipinski definition) is 1. The lowest BCUT2D eigenvalue weighted by molar-refractivity contribution is 0.217. The fraction of sp³-hybridized carbons (Fsp3) is 0.538. The molecule has 2 N–H and O–H groups in total. The fourth-order valence-corrected chi connectivity index (χ4v) is 2.47. The van der Waals surface area contributed by atoms with Crippen LogP contribution >= 0.6 is 12.4 Å². The van der Waals surface area contributed by atoms with E-state index >= 15 is 0 Å². The van der Waals surface area contributed by atoms with Crippen molar-refractivity contribution in [3.05, 3.63) is 35.4 Å². The molecule has 0 heterocycles. The molecule has 1 nitrogen and oxygen atoms in total. The van der Waals surface area contributed by atoms with Crippen molar-refractivity contribution in [1.82, 2.24) is 0 Å². The average molecular weight is 226 g/mol. The van der Waals surface area contributed by atoms with Crippen LogP contribution in [0.4, 0.5) is 0 Å². The van der Waals surface area contributed by atoms with Crippen molar-refractivity contribution in [2.45, 2.75) is 33.2 Å². The van der Waals surface area contributed by atoms with Gasteiger partial charge in [-0.1, -0.05) is 45.0 Å². The zero-order valence-corrected chi connectivity index (χ0v) is 10.5. The van der Waals surface area contributed by atoms with Gasteiger partial charge in [0.05, 0.1) is 0 Å². The Labute approximate surface area is 98.5 Å². The van der Waals surface area contributed by atoms with Crippen LogP contribution in [-0.4, -0.2) is 0 Å². The Morgan fingerprint density at radius 1 is 1.20 bits per heavy atom. The van der Waals surface area contributed by atoms with Crippen molar-refractivity contribution in [3.63, 3.8) is 0 Å². The predicted octanol–water partition coefficient (Wildman–Crippen LogP) is 3.33. The molecule has 1 aliphatic rings. The van der Waals surface area contributed by atoms with Crippen LogP contribution in [0, 0.1) is 11.3 Å². The van der Waals surface area contributed by atoms with Gasteiger partial charge >= 0.3 is 0 Å². The molecule has 0 radical (unpaired) electrons. The highest BCUT2D eigenvalue weighted by Crippen LogP contribution is 2.43. The summed E-state index contributed by atoms with van der Waals surface area (Å²) in [5.41, 5.74) is 9.38. The number of fused-ring (bicyclic) bond motifs is 1. The van der Waals surface area contributed by atoms with Crippen LogP contribution in [0.15, 0.2) is 24.3 Å². The third kappa shape index (κ3) is 2.19. The first-order valence-corrected chi connectivity index (χ1v) is 5.33. The molecule has 1 aromatic rings. The Hall–Kier alpha value is -0.530. The lowest BCUT2D eigenvalue weighted by atomic mass is 9.77. The Morgan fingerprint density at radius 3 is 2.33 bits per heavy atom. The highest BCUT2D eigenvalue weighted by molar-refractivity contribution is 5.85. The van der Waals surface area contributed by atoms with E-state index < -0.39 is 0 Å². The predicted molar refractivity (Wildman–Crippen MR) is 67.3 cm³/mol. The molecular formula is C13H20ClN. The number of nitrogens with two attached hydrogens (primary N) is 1. The molecule has 1 aliphatic carbocycles. The van der Waals surface area contributed by atoms with Gasteiger partial charge in [0.2, 0.25) is 0 Å². The minimum absolute atomic E-state index is 0. The molecule has 0 aliphatic heterocycles. The van der Waals surface area contributed by atoms with E-state index in [1.165, 1.54) is 11.1 Å². The maximum absolute atomic E-state index is 6.28. The van der Waals surface area contributed by atoms with Crippen LogP contribution in [0.1, 0.15) is 37.9 Å². The molecule has 0 saturated heterocycles. The topological polar surface area (TPSA) is 26.0 Å². The van der Waals surface area contributed by atoms with Gasteiger partial charge in [-0.25, -0.2) is 0 Å². The first-order valence-electron chi connectivity index (χ1n) is 5.33. The van der Waals surface area contributed by atoms with E-state index in [0.717, 1.165) is 6.42 Å². The summed E-state index contributed by atoms with van der Waals surface area (Å²) in [4.78, 5) is 0. The Bertz CT molecular complexity index is 341. The summed E-state index contributed by atoms with van der Waals surface area (Å²) < 4.78 is 0. The number of halogens is 1. The van der Waals surface area contributed by atoms with Crippen LogP contribution in [-0.2, 0) is 6.42 Å². The lowest BCUT2D eigenvalue weighted by Crippen LogP contribution is -2.28. The lowest BCUT2D eigenvalue weighted by Gasteiger charge is -2.30. The van der Waals surface area contributed by atoms with Crippen LogP contribution < -0.4 is 5.73 Å². The second-order valence-electron chi connectivity index (χ2n) is 5.40. The minimum Gasteiger partial charge on any atom is -0.324 e. The quantitative estimate of drug-likeness (QED) is 0.720. The zero-order chi connectivity index (χ0) is 10.3. The van der Waals surface area contributed by atoms with Gasteiger partial charge in [-0.2, -0.15) is 0 Å². The smallest absolute Gasteiger partial charge is 0.0334 e. The molecule has 0 saturated carbocycles. The molecule has 1 aromatic carbocycles. The molecular weight excluding hydrogens is 206 g/mol. The van der Waals surface area contributed by atoms with Crippen LogP contribution in [0.25, 0.3) is 0 Å². The van der Waals surface area contributed by atoms with Gasteiger partial charge in [0, 0.05) is 6.04 Å². The molecule has 0 bridgehead atoms. The Morgan fingerprint density at radius 2 is 1.80 bits per heavy atom. The van der Waals surface area contributed by atoms with E-state index in [2.05, 4.69) is 45.0 Å². The summed E-state index contributed by atoms with van der Waals surface area (Å²) in [5.74, 6) is 0.583. The second kappa shape index (κ2) is 4.15. The first kappa shape index (κ1) is 12.5. The SMILES string of the molecule is CC(C)(C)C1Cc2ccccc2C1N.Cl. The molecule has 2 unspecified atom stereocenters. The fourth-order valence-electron chi connectivity index (χ4n) is 2.47. The molecule has 0 spiro atoms. The van der Waals surface area contributed by atoms with Crippen molar-refractivity contribution in [2.75, 3.05) is 0 Å². The van der Waals surface area contributed by atoms with E-state index in [1.54, 1.807) is 0 Å². The monoisotopic (exact) mass is 225 g/mol. The van der Waals surface area contributed by atoms with Gasteiger partial charge in [-0.05, 0) is 28.9 Å². The molecule has 2 heteroatoms. The first-order chi connectivity index (χ1) is 6.50. The van der Waals surface area contributed by atoms with Gasteiger partial charge in [-0.15, -0.1) is 12.4 Å². The Balaban J connectivity index is 0.00000112. The summed E-state index contributed by atoms with van der Waals surface area (Å²) in [5, 5.41) is 0. The molecule has 0 fully saturated rings. The molecule has 15 heavy (non-hydrogen) atoms. The summed E-state index contributed by atoms with van der Waals surface area (Å²) in [6.45, 7) is 6.84. The van der Waals surface area contributed by atoms with E-state index in [1.807, 2.05) is 0 Å². The van der Waals surface area contributed by atoms with Crippen LogP contribution in [0.5, 0.6) is 0 Å². The summed E-state index contributed by atoms with van der Waals surface area (Å²) in [6.07, 6.45) is 1.14. The number of rotatable bonds is 0. The van der Waals surface area contributed by atoms with E-state index in [4.69, 9.17) is 5.73 Å². The van der Waals surface area contributed by atoms with Crippen molar-refractivity contribution >= 4 is 12.4 Å². The molecule has 84 valence electrons. The van der Waals surface area contributed by atoms with Crippen molar-refractivity contribution < 1.29 is 0 Å². The van der Waals surface area contributed by atoms with Crippen LogP contribution in [0.2, 0.25) is 0 Å². The minimum atomic E-state index is 0. The maximum Gasteiger partial charge on any atom is 0.0334 e. The van der Waals surface area contributed by atoms with Gasteiger partial charge in [0.1, 0.15) is 0 Å². The van der Waals surface area contributed by atoms with Gasteiger partial charge in [0.15, 0.2) is 0 Å². The maximum atomic E-state index is 6.28. The summed E-state index contributed by atoms with van der Waals surface area (Å²) in [6, 6.07) is 8.80. The van der Waals surface area contributed by atoms with E-state index in [9.17, 15) is 0 Å². The number of hydrogen-bond acceptors (Lipinski definition) is 1. The molecule has 0 aromatic heterocycles. The average Bonchev–Trinajstić information content (AvgIpc) is 2.44. The van der Waals surface area contributed by atoms with E-state index in [-0.39, 0.29) is 18.4 Å². The largest absolute Gasteiger partial charge is 0.324 e. The van der Waals surface area contributed by atoms with Crippen molar-refractivity contribution in [3.8, 4) is 0 Å². The standard InChI is InChI=1S/C13H19N.ClH/c1-13(2,3)11-8-9-6-4-5-7-10(9)12(11)14;/h4-7,11-12H,8,14H2,1-3H3;1H. The number of benzene rings is 1. The third-order valence-corrected chi connectivity index (χ3v) is 3.40. The highest BCUT2D eigenvalue weighted by atomic mass is 35.5. The summed E-state index contributed by atoms with van der Waals surface area (Å²) in [7, 11) is 0. The Kier molecular flexibility index (Phi) is 3.47. The highest BCUT2D eigenvalue weighted by Gasteiger charge is 2.36. The zero-order valence-electron chi connectivity index (χ0n) is 9.66. The normalized spacial score (nSPS) is 24.5. The van der Waals surface area contributed by atoms with Gasteiger partial charge in [-0.3, -0.25) is 0 Å². The van der Waals surface area contributed by atoms with Crippen molar-refractivity contribution in [1.29, 1.82) is 0 Å². The molecule has 0 amide bonds. The molecule has 2 atom stereocenters. The molecule has 2 rings (SSSR count).